The lowest BCUT2D eigenvalue weighted by atomic mass is 10.0. The van der Waals surface area contributed by atoms with Gasteiger partial charge >= 0.3 is 0 Å². The van der Waals surface area contributed by atoms with E-state index in [0.717, 1.165) is 16.5 Å². The van der Waals surface area contributed by atoms with E-state index >= 15 is 0 Å². The predicted molar refractivity (Wildman–Crippen MR) is 68.8 cm³/mol. The second kappa shape index (κ2) is 4.86. The zero-order chi connectivity index (χ0) is 12.3. The fourth-order valence-electron chi connectivity index (χ4n) is 1.80. The molecule has 3 nitrogen and oxygen atoms in total. The van der Waals surface area contributed by atoms with Crippen LogP contribution in [-0.4, -0.2) is 17.8 Å². The van der Waals surface area contributed by atoms with Crippen LogP contribution in [0.5, 0.6) is 0 Å². The minimum absolute atomic E-state index is 0.0200. The third-order valence-electron chi connectivity index (χ3n) is 2.69. The second-order valence-electron chi connectivity index (χ2n) is 4.08. The van der Waals surface area contributed by atoms with E-state index in [2.05, 4.69) is 11.4 Å². The molecular formula is C14H14N2O. The molecule has 0 spiro atoms. The summed E-state index contributed by atoms with van der Waals surface area (Å²) in [5, 5.41) is 23.1. The maximum atomic E-state index is 8.99. The Morgan fingerprint density at radius 1 is 1.35 bits per heavy atom. The third-order valence-corrected chi connectivity index (χ3v) is 2.69. The van der Waals surface area contributed by atoms with Crippen LogP contribution in [0.4, 0.5) is 5.69 Å². The average Bonchev–Trinajstić information content (AvgIpc) is 2.37. The van der Waals surface area contributed by atoms with Gasteiger partial charge in [-0.25, -0.2) is 0 Å². The Bertz CT molecular complexity index is 572. The monoisotopic (exact) mass is 226 g/mol. The molecule has 17 heavy (non-hydrogen) atoms. The molecule has 0 unspecified atom stereocenters. The van der Waals surface area contributed by atoms with Gasteiger partial charge in [-0.2, -0.15) is 5.26 Å². The second-order valence-corrected chi connectivity index (χ2v) is 4.08. The molecule has 0 heterocycles. The van der Waals surface area contributed by atoms with Crippen molar-refractivity contribution >= 4 is 16.5 Å². The van der Waals surface area contributed by atoms with Gasteiger partial charge in [0.15, 0.2) is 0 Å². The first-order chi connectivity index (χ1) is 8.24. The molecule has 2 rings (SSSR count). The number of anilines is 1. The van der Waals surface area contributed by atoms with Crippen molar-refractivity contribution in [3.63, 3.8) is 0 Å². The topological polar surface area (TPSA) is 56.0 Å². The molecule has 0 saturated carbocycles. The maximum absolute atomic E-state index is 8.99. The van der Waals surface area contributed by atoms with Crippen molar-refractivity contribution in [1.29, 1.82) is 5.26 Å². The maximum Gasteiger partial charge on any atom is 0.0998 e. The largest absolute Gasteiger partial charge is 0.394 e. The Morgan fingerprint density at radius 2 is 2.18 bits per heavy atom. The van der Waals surface area contributed by atoms with Crippen LogP contribution in [-0.2, 0) is 0 Å². The Kier molecular flexibility index (Phi) is 3.27. The molecule has 2 aromatic rings. The summed E-state index contributed by atoms with van der Waals surface area (Å²) >= 11 is 0. The molecule has 0 bridgehead atoms. The first-order valence-electron chi connectivity index (χ1n) is 5.55. The Balaban J connectivity index is 2.42. The summed E-state index contributed by atoms with van der Waals surface area (Å²) in [6.07, 6.45) is 0. The van der Waals surface area contributed by atoms with Crippen molar-refractivity contribution in [2.75, 3.05) is 11.9 Å². The number of rotatable bonds is 3. The van der Waals surface area contributed by atoms with Gasteiger partial charge in [-0.05, 0) is 35.9 Å². The van der Waals surface area contributed by atoms with Crippen LogP contribution in [0.3, 0.4) is 0 Å². The molecule has 86 valence electrons. The lowest BCUT2D eigenvalue weighted by Gasteiger charge is -2.13. The molecule has 2 aromatic carbocycles. The van der Waals surface area contributed by atoms with Crippen LogP contribution in [0.2, 0.25) is 0 Å². The summed E-state index contributed by atoms with van der Waals surface area (Å²) in [4.78, 5) is 0. The summed E-state index contributed by atoms with van der Waals surface area (Å²) in [5.74, 6) is 0. The first-order valence-corrected chi connectivity index (χ1v) is 5.55. The van der Waals surface area contributed by atoms with Crippen molar-refractivity contribution in [2.45, 2.75) is 13.0 Å². The fraction of sp³-hybridized carbons (Fsp3) is 0.214. The van der Waals surface area contributed by atoms with Crippen LogP contribution in [0, 0.1) is 11.3 Å². The number of aliphatic hydroxyl groups is 1. The molecule has 1 atom stereocenters. The van der Waals surface area contributed by atoms with Gasteiger partial charge < -0.3 is 10.4 Å². The van der Waals surface area contributed by atoms with Gasteiger partial charge in [0.1, 0.15) is 0 Å². The SMILES string of the molecule is C[C@@H](CO)Nc1ccc2c(C#N)cccc2c1. The first kappa shape index (κ1) is 11.4. The van der Waals surface area contributed by atoms with E-state index in [0.29, 0.717) is 5.56 Å². The predicted octanol–water partition coefficient (Wildman–Crippen LogP) is 2.50. The van der Waals surface area contributed by atoms with Gasteiger partial charge in [0.25, 0.3) is 0 Å². The number of nitrogens with zero attached hydrogens (tertiary/aromatic N) is 1. The number of hydrogen-bond donors (Lipinski definition) is 2. The lowest BCUT2D eigenvalue weighted by molar-refractivity contribution is 0.281. The molecule has 2 N–H and O–H groups in total. The summed E-state index contributed by atoms with van der Waals surface area (Å²) < 4.78 is 0. The van der Waals surface area contributed by atoms with Crippen LogP contribution < -0.4 is 5.32 Å². The zero-order valence-electron chi connectivity index (χ0n) is 9.64. The summed E-state index contributed by atoms with van der Waals surface area (Å²) in [6, 6.07) is 13.7. The summed E-state index contributed by atoms with van der Waals surface area (Å²) in [6.45, 7) is 2.01. The number of aliphatic hydroxyl groups excluding tert-OH is 1. The molecule has 0 aliphatic rings. The van der Waals surface area contributed by atoms with Gasteiger partial charge in [-0.15, -0.1) is 0 Å². The molecule has 0 saturated heterocycles. The van der Waals surface area contributed by atoms with Crippen molar-refractivity contribution in [1.82, 2.24) is 0 Å². The van der Waals surface area contributed by atoms with Crippen LogP contribution >= 0.6 is 0 Å². The fourth-order valence-corrected chi connectivity index (χ4v) is 1.80. The van der Waals surface area contributed by atoms with E-state index in [1.165, 1.54) is 0 Å². The van der Waals surface area contributed by atoms with Gasteiger partial charge in [-0.1, -0.05) is 18.2 Å². The normalized spacial score (nSPS) is 12.1. The number of nitriles is 1. The van der Waals surface area contributed by atoms with Gasteiger partial charge in [0, 0.05) is 11.7 Å². The van der Waals surface area contributed by atoms with E-state index in [-0.39, 0.29) is 12.6 Å². The van der Waals surface area contributed by atoms with Crippen LogP contribution in [0.1, 0.15) is 12.5 Å². The Hall–Kier alpha value is -2.05. The average molecular weight is 226 g/mol. The zero-order valence-corrected chi connectivity index (χ0v) is 9.64. The number of hydrogen-bond acceptors (Lipinski definition) is 3. The number of benzene rings is 2. The van der Waals surface area contributed by atoms with Gasteiger partial charge in [0.2, 0.25) is 0 Å². The Labute approximate surface area is 100 Å². The smallest absolute Gasteiger partial charge is 0.0998 e. The van der Waals surface area contributed by atoms with E-state index < -0.39 is 0 Å². The highest BCUT2D eigenvalue weighted by Crippen LogP contribution is 2.22. The molecule has 0 aliphatic heterocycles. The molecular weight excluding hydrogens is 212 g/mol. The van der Waals surface area contributed by atoms with Crippen molar-refractivity contribution < 1.29 is 5.11 Å². The molecule has 3 heteroatoms. The highest BCUT2D eigenvalue weighted by molar-refractivity contribution is 5.90. The molecule has 0 radical (unpaired) electrons. The third kappa shape index (κ3) is 2.38. The van der Waals surface area contributed by atoms with E-state index in [9.17, 15) is 0 Å². The minimum atomic E-state index is 0.0200. The highest BCUT2D eigenvalue weighted by atomic mass is 16.3. The summed E-state index contributed by atoms with van der Waals surface area (Å²) in [5.41, 5.74) is 1.64. The quantitative estimate of drug-likeness (QED) is 0.845. The Morgan fingerprint density at radius 3 is 2.88 bits per heavy atom. The van der Waals surface area contributed by atoms with Crippen LogP contribution in [0.15, 0.2) is 36.4 Å². The molecule has 0 aromatic heterocycles. The van der Waals surface area contributed by atoms with Crippen molar-refractivity contribution in [3.8, 4) is 6.07 Å². The van der Waals surface area contributed by atoms with Gasteiger partial charge in [0.05, 0.1) is 18.2 Å². The van der Waals surface area contributed by atoms with E-state index in [1.54, 1.807) is 0 Å². The van der Waals surface area contributed by atoms with Gasteiger partial charge in [-0.3, -0.25) is 0 Å². The van der Waals surface area contributed by atoms with Crippen LogP contribution in [0.25, 0.3) is 10.8 Å². The van der Waals surface area contributed by atoms with E-state index in [1.807, 2.05) is 43.3 Å². The van der Waals surface area contributed by atoms with Crippen molar-refractivity contribution in [3.05, 3.63) is 42.0 Å². The standard InChI is InChI=1S/C14H14N2O/c1-10(9-17)16-13-5-6-14-11(7-13)3-2-4-12(14)8-15/h2-7,10,16-17H,9H2,1H3/t10-/m0/s1. The van der Waals surface area contributed by atoms with Crippen molar-refractivity contribution in [2.24, 2.45) is 0 Å². The number of nitrogens with one attached hydrogen (secondary N) is 1. The minimum Gasteiger partial charge on any atom is -0.394 e. The molecule has 0 fully saturated rings. The molecule has 0 amide bonds. The number of fused-ring (bicyclic) bond motifs is 1. The summed E-state index contributed by atoms with van der Waals surface area (Å²) in [7, 11) is 0. The molecule has 0 aliphatic carbocycles. The van der Waals surface area contributed by atoms with E-state index in [4.69, 9.17) is 10.4 Å². The highest BCUT2D eigenvalue weighted by Gasteiger charge is 2.03. The lowest BCUT2D eigenvalue weighted by Crippen LogP contribution is -2.19.